The molecule has 2 amide bonds. The predicted molar refractivity (Wildman–Crippen MR) is 90.0 cm³/mol. The van der Waals surface area contributed by atoms with Gasteiger partial charge in [0.1, 0.15) is 0 Å². The zero-order chi connectivity index (χ0) is 17.6. The molecule has 0 unspecified atom stereocenters. The van der Waals surface area contributed by atoms with Crippen molar-refractivity contribution in [2.75, 3.05) is 13.3 Å². The fourth-order valence-corrected chi connectivity index (χ4v) is 3.28. The monoisotopic (exact) mass is 348 g/mol. The van der Waals surface area contributed by atoms with Crippen LogP contribution in [0.3, 0.4) is 0 Å². The molecule has 1 aromatic carbocycles. The van der Waals surface area contributed by atoms with Gasteiger partial charge in [-0.3, -0.25) is 9.59 Å². The topological polar surface area (TPSA) is 96.9 Å². The van der Waals surface area contributed by atoms with Gasteiger partial charge in [-0.15, -0.1) is 0 Å². The van der Waals surface area contributed by atoms with Crippen LogP contribution in [0.2, 0.25) is 0 Å². The number of aliphatic hydroxyl groups is 1. The second-order valence-electron chi connectivity index (χ2n) is 6.55. The predicted octanol–water partition coefficient (Wildman–Crippen LogP) is 1.09. The Morgan fingerprint density at radius 3 is 2.60 bits per heavy atom. The molecule has 0 spiro atoms. The van der Waals surface area contributed by atoms with Crippen LogP contribution in [0, 0.1) is 5.92 Å². The number of amides is 2. The molecule has 0 radical (unpaired) electrons. The zero-order valence-corrected chi connectivity index (χ0v) is 14.1. The first-order valence-corrected chi connectivity index (χ1v) is 8.76. The van der Waals surface area contributed by atoms with Gasteiger partial charge in [0.15, 0.2) is 11.5 Å². The second kappa shape index (κ2) is 8.20. The molecule has 25 heavy (non-hydrogen) atoms. The lowest BCUT2D eigenvalue weighted by atomic mass is 9.85. The highest BCUT2D eigenvalue weighted by molar-refractivity contribution is 6.35. The quantitative estimate of drug-likeness (QED) is 0.692. The number of benzene rings is 1. The third-order valence-electron chi connectivity index (χ3n) is 4.76. The lowest BCUT2D eigenvalue weighted by Crippen LogP contribution is -2.44. The van der Waals surface area contributed by atoms with E-state index in [0.29, 0.717) is 11.5 Å². The molecule has 1 aromatic rings. The zero-order valence-electron chi connectivity index (χ0n) is 14.1. The van der Waals surface area contributed by atoms with Gasteiger partial charge < -0.3 is 25.2 Å². The molecule has 0 aromatic heterocycles. The summed E-state index contributed by atoms with van der Waals surface area (Å²) in [7, 11) is 0. The first-order valence-electron chi connectivity index (χ1n) is 8.76. The number of carbonyl (C=O) groups is 2. The van der Waals surface area contributed by atoms with E-state index < -0.39 is 17.9 Å². The van der Waals surface area contributed by atoms with Crippen LogP contribution < -0.4 is 20.1 Å². The normalized spacial score (nSPS) is 17.8. The van der Waals surface area contributed by atoms with Crippen molar-refractivity contribution in [2.45, 2.75) is 44.8 Å². The summed E-state index contributed by atoms with van der Waals surface area (Å²) >= 11 is 0. The van der Waals surface area contributed by atoms with E-state index in [0.717, 1.165) is 31.2 Å². The SMILES string of the molecule is O=C(NCc1ccc2c(c1)OCO2)C(=O)NC[C@@H](O)C1CCCCC1. The number of nitrogens with one attached hydrogen (secondary N) is 2. The van der Waals surface area contributed by atoms with E-state index in [1.807, 2.05) is 0 Å². The molecule has 1 aliphatic carbocycles. The van der Waals surface area contributed by atoms with Crippen molar-refractivity contribution < 1.29 is 24.2 Å². The van der Waals surface area contributed by atoms with Gasteiger partial charge in [0.2, 0.25) is 6.79 Å². The highest BCUT2D eigenvalue weighted by atomic mass is 16.7. The molecule has 1 saturated carbocycles. The van der Waals surface area contributed by atoms with Gasteiger partial charge in [0.25, 0.3) is 0 Å². The Hall–Kier alpha value is -2.28. The Labute approximate surface area is 146 Å². The largest absolute Gasteiger partial charge is 0.454 e. The Morgan fingerprint density at radius 1 is 1.08 bits per heavy atom. The van der Waals surface area contributed by atoms with Crippen molar-refractivity contribution >= 4 is 11.8 Å². The lowest BCUT2D eigenvalue weighted by molar-refractivity contribution is -0.139. The van der Waals surface area contributed by atoms with Crippen molar-refractivity contribution in [2.24, 2.45) is 5.92 Å². The van der Waals surface area contributed by atoms with Gasteiger partial charge in [-0.05, 0) is 36.5 Å². The van der Waals surface area contributed by atoms with Crippen LogP contribution in [0.25, 0.3) is 0 Å². The van der Waals surface area contributed by atoms with E-state index in [1.54, 1.807) is 18.2 Å². The van der Waals surface area contributed by atoms with Gasteiger partial charge in [-0.1, -0.05) is 25.3 Å². The van der Waals surface area contributed by atoms with Crippen molar-refractivity contribution in [1.82, 2.24) is 10.6 Å². The number of hydrogen-bond acceptors (Lipinski definition) is 5. The molecule has 3 N–H and O–H groups in total. The lowest BCUT2D eigenvalue weighted by Gasteiger charge is -2.26. The van der Waals surface area contributed by atoms with E-state index in [4.69, 9.17) is 9.47 Å². The molecule has 2 aliphatic rings. The van der Waals surface area contributed by atoms with E-state index in [9.17, 15) is 14.7 Å². The molecule has 7 nitrogen and oxygen atoms in total. The molecule has 136 valence electrons. The van der Waals surface area contributed by atoms with Gasteiger partial charge in [-0.25, -0.2) is 0 Å². The summed E-state index contributed by atoms with van der Waals surface area (Å²) in [6, 6.07) is 5.34. The standard InChI is InChI=1S/C18H24N2O5/c21-14(13-4-2-1-3-5-13)10-20-18(23)17(22)19-9-12-6-7-15-16(8-12)25-11-24-15/h6-8,13-14,21H,1-5,9-11H2,(H,19,22)(H,20,23)/t14-/m1/s1. The van der Waals surface area contributed by atoms with Crippen LogP contribution >= 0.6 is 0 Å². The molecule has 1 fully saturated rings. The molecular formula is C18H24N2O5. The summed E-state index contributed by atoms with van der Waals surface area (Å²) < 4.78 is 10.5. The number of rotatable bonds is 5. The molecule has 1 heterocycles. The fraction of sp³-hybridized carbons (Fsp3) is 0.556. The maximum absolute atomic E-state index is 11.9. The minimum absolute atomic E-state index is 0.112. The average Bonchev–Trinajstić information content (AvgIpc) is 3.12. The second-order valence-corrected chi connectivity index (χ2v) is 6.55. The molecule has 3 rings (SSSR count). The maximum Gasteiger partial charge on any atom is 0.309 e. The summed E-state index contributed by atoms with van der Waals surface area (Å²) in [5, 5.41) is 15.2. The van der Waals surface area contributed by atoms with Crippen LogP contribution in [0.4, 0.5) is 0 Å². The summed E-state index contributed by atoms with van der Waals surface area (Å²) in [4.78, 5) is 23.7. The van der Waals surface area contributed by atoms with Crippen molar-refractivity contribution in [3.05, 3.63) is 23.8 Å². The number of aliphatic hydroxyl groups excluding tert-OH is 1. The molecule has 0 saturated heterocycles. The van der Waals surface area contributed by atoms with Gasteiger partial charge in [-0.2, -0.15) is 0 Å². The van der Waals surface area contributed by atoms with Crippen LogP contribution in [0.1, 0.15) is 37.7 Å². The van der Waals surface area contributed by atoms with Crippen LogP contribution in [-0.2, 0) is 16.1 Å². The first-order chi connectivity index (χ1) is 12.1. The van der Waals surface area contributed by atoms with E-state index in [-0.39, 0.29) is 25.8 Å². The van der Waals surface area contributed by atoms with Crippen molar-refractivity contribution in [3.8, 4) is 11.5 Å². The highest BCUT2D eigenvalue weighted by Gasteiger charge is 2.23. The number of carbonyl (C=O) groups excluding carboxylic acids is 2. The summed E-state index contributed by atoms with van der Waals surface area (Å²) in [5.41, 5.74) is 0.813. The minimum atomic E-state index is -0.726. The number of fused-ring (bicyclic) bond motifs is 1. The smallest absolute Gasteiger partial charge is 0.309 e. The molecular weight excluding hydrogens is 324 g/mol. The Balaban J connectivity index is 1.41. The number of ether oxygens (including phenoxy) is 2. The average molecular weight is 348 g/mol. The Morgan fingerprint density at radius 2 is 1.80 bits per heavy atom. The molecule has 7 heteroatoms. The van der Waals surface area contributed by atoms with Gasteiger partial charge in [0.05, 0.1) is 6.10 Å². The van der Waals surface area contributed by atoms with Gasteiger partial charge >= 0.3 is 11.8 Å². The Kier molecular flexibility index (Phi) is 5.75. The van der Waals surface area contributed by atoms with Crippen LogP contribution in [0.5, 0.6) is 11.5 Å². The summed E-state index contributed by atoms with van der Waals surface area (Å²) in [6.07, 6.45) is 4.81. The minimum Gasteiger partial charge on any atom is -0.454 e. The van der Waals surface area contributed by atoms with E-state index in [1.165, 1.54) is 6.42 Å². The third-order valence-corrected chi connectivity index (χ3v) is 4.76. The number of hydrogen-bond donors (Lipinski definition) is 3. The molecule has 1 atom stereocenters. The van der Waals surface area contributed by atoms with Crippen molar-refractivity contribution in [3.63, 3.8) is 0 Å². The van der Waals surface area contributed by atoms with Gasteiger partial charge in [0, 0.05) is 13.1 Å². The molecule has 0 bridgehead atoms. The summed E-state index contributed by atoms with van der Waals surface area (Å²) in [5.74, 6) is 0.0752. The highest BCUT2D eigenvalue weighted by Crippen LogP contribution is 2.32. The van der Waals surface area contributed by atoms with Crippen molar-refractivity contribution in [1.29, 1.82) is 0 Å². The Bertz CT molecular complexity index is 628. The summed E-state index contributed by atoms with van der Waals surface area (Å²) in [6.45, 7) is 0.520. The third kappa shape index (κ3) is 4.63. The first kappa shape index (κ1) is 17.5. The maximum atomic E-state index is 11.9. The van der Waals surface area contributed by atoms with Crippen LogP contribution in [-0.4, -0.2) is 36.4 Å². The van der Waals surface area contributed by atoms with E-state index in [2.05, 4.69) is 10.6 Å². The fourth-order valence-electron chi connectivity index (χ4n) is 3.28. The molecule has 1 aliphatic heterocycles. The van der Waals surface area contributed by atoms with Crippen LogP contribution in [0.15, 0.2) is 18.2 Å². The van der Waals surface area contributed by atoms with E-state index >= 15 is 0 Å².